The smallest absolute Gasteiger partial charge is 0.198 e. The van der Waals surface area contributed by atoms with Crippen LogP contribution in [0, 0.1) is 0 Å². The maximum atomic E-state index is 12.6. The largest absolute Gasteiger partial charge is 0.497 e. The van der Waals surface area contributed by atoms with Gasteiger partial charge in [0, 0.05) is 5.39 Å². The molecule has 0 saturated carbocycles. The van der Waals surface area contributed by atoms with E-state index >= 15 is 0 Å². The van der Waals surface area contributed by atoms with Gasteiger partial charge in [0.05, 0.1) is 38.6 Å². The fraction of sp³-hybridized carbons (Fsp3) is 0.0714. The normalized spacial score (nSPS) is 11.2. The van der Waals surface area contributed by atoms with Gasteiger partial charge in [0.2, 0.25) is 0 Å². The molecular weight excluding hydrogens is 321 g/mol. The number of benzene rings is 2. The molecule has 0 fully saturated rings. The molecule has 0 saturated heterocycles. The Morgan fingerprint density at radius 1 is 1.10 bits per heavy atom. The number of rotatable bonds is 1. The molecule has 0 radical (unpaired) electrons. The first-order chi connectivity index (χ1) is 9.52. The van der Waals surface area contributed by atoms with Gasteiger partial charge in [-0.05, 0) is 24.3 Å². The summed E-state index contributed by atoms with van der Waals surface area (Å²) in [6, 6.07) is 6.68. The number of hydrogen-bond acceptors (Lipinski definition) is 2. The van der Waals surface area contributed by atoms with Crippen LogP contribution in [-0.4, -0.2) is 12.1 Å². The molecular formula is C14H8Cl3NO2. The zero-order valence-corrected chi connectivity index (χ0v) is 12.5. The minimum absolute atomic E-state index is 0.192. The third kappa shape index (κ3) is 1.94. The monoisotopic (exact) mass is 327 g/mol. The minimum atomic E-state index is -0.234. The first kappa shape index (κ1) is 13.6. The Kier molecular flexibility index (Phi) is 3.28. The highest BCUT2D eigenvalue weighted by Crippen LogP contribution is 2.34. The van der Waals surface area contributed by atoms with Gasteiger partial charge in [-0.1, -0.05) is 34.8 Å². The number of aromatic nitrogens is 1. The van der Waals surface area contributed by atoms with E-state index in [-0.39, 0.29) is 20.9 Å². The molecule has 20 heavy (non-hydrogen) atoms. The molecule has 0 spiro atoms. The van der Waals surface area contributed by atoms with Crippen LogP contribution in [-0.2, 0) is 0 Å². The van der Waals surface area contributed by atoms with E-state index in [1.165, 1.54) is 13.2 Å². The number of nitrogens with one attached hydrogen (secondary N) is 1. The van der Waals surface area contributed by atoms with E-state index in [0.717, 1.165) is 0 Å². The van der Waals surface area contributed by atoms with Crippen molar-refractivity contribution in [3.8, 4) is 5.75 Å². The highest BCUT2D eigenvalue weighted by atomic mass is 35.5. The zero-order chi connectivity index (χ0) is 14.4. The van der Waals surface area contributed by atoms with Crippen molar-refractivity contribution in [2.75, 3.05) is 7.11 Å². The second kappa shape index (κ2) is 4.85. The van der Waals surface area contributed by atoms with Crippen LogP contribution in [0.2, 0.25) is 15.1 Å². The molecule has 0 amide bonds. The van der Waals surface area contributed by atoms with Gasteiger partial charge in [0.15, 0.2) is 5.43 Å². The molecule has 0 bridgehead atoms. The Hall–Kier alpha value is -1.42. The van der Waals surface area contributed by atoms with E-state index in [4.69, 9.17) is 39.5 Å². The van der Waals surface area contributed by atoms with Crippen LogP contribution in [0.1, 0.15) is 0 Å². The van der Waals surface area contributed by atoms with E-state index in [0.29, 0.717) is 27.2 Å². The summed E-state index contributed by atoms with van der Waals surface area (Å²) in [4.78, 5) is 15.7. The number of halogens is 3. The van der Waals surface area contributed by atoms with Crippen molar-refractivity contribution >= 4 is 56.6 Å². The fourth-order valence-electron chi connectivity index (χ4n) is 2.15. The molecule has 0 unspecified atom stereocenters. The maximum Gasteiger partial charge on any atom is 0.198 e. The Morgan fingerprint density at radius 3 is 2.55 bits per heavy atom. The molecule has 2 aromatic carbocycles. The van der Waals surface area contributed by atoms with Crippen LogP contribution in [0.15, 0.2) is 29.1 Å². The SMILES string of the molecule is COc1ccc2[nH]c3c(Cl)cc(Cl)c(Cl)c3c(=O)c2c1. The predicted molar refractivity (Wildman–Crippen MR) is 83.7 cm³/mol. The number of aromatic amines is 1. The van der Waals surface area contributed by atoms with Crippen molar-refractivity contribution in [1.82, 2.24) is 4.98 Å². The summed E-state index contributed by atoms with van der Waals surface area (Å²) >= 11 is 18.2. The van der Waals surface area contributed by atoms with Crippen LogP contribution >= 0.6 is 34.8 Å². The van der Waals surface area contributed by atoms with Gasteiger partial charge in [0.25, 0.3) is 0 Å². The summed E-state index contributed by atoms with van der Waals surface area (Å²) in [5, 5.41) is 1.54. The van der Waals surface area contributed by atoms with E-state index in [2.05, 4.69) is 4.98 Å². The van der Waals surface area contributed by atoms with Gasteiger partial charge in [-0.25, -0.2) is 0 Å². The Morgan fingerprint density at radius 2 is 1.85 bits per heavy atom. The first-order valence-electron chi connectivity index (χ1n) is 5.70. The predicted octanol–water partition coefficient (Wildman–Crippen LogP) is 4.65. The van der Waals surface area contributed by atoms with Crippen LogP contribution in [0.4, 0.5) is 0 Å². The van der Waals surface area contributed by atoms with Crippen molar-refractivity contribution in [2.24, 2.45) is 0 Å². The van der Waals surface area contributed by atoms with Crippen molar-refractivity contribution in [1.29, 1.82) is 0 Å². The minimum Gasteiger partial charge on any atom is -0.497 e. The van der Waals surface area contributed by atoms with E-state index < -0.39 is 0 Å². The number of hydrogen-bond donors (Lipinski definition) is 1. The highest BCUT2D eigenvalue weighted by Gasteiger charge is 2.15. The van der Waals surface area contributed by atoms with Crippen molar-refractivity contribution in [3.63, 3.8) is 0 Å². The summed E-state index contributed by atoms with van der Waals surface area (Å²) in [5.74, 6) is 0.589. The third-order valence-electron chi connectivity index (χ3n) is 3.13. The maximum absolute atomic E-state index is 12.6. The molecule has 3 nitrogen and oxygen atoms in total. The van der Waals surface area contributed by atoms with Crippen LogP contribution in [0.5, 0.6) is 5.75 Å². The zero-order valence-electron chi connectivity index (χ0n) is 10.3. The standard InChI is InChI=1S/C14H8Cl3NO2/c1-20-6-2-3-10-7(4-6)14(19)11-12(17)8(15)5-9(16)13(11)18-10/h2-5H,1H3,(H,18,19). The molecule has 1 aromatic heterocycles. The number of H-pyrrole nitrogens is 1. The second-order valence-corrected chi connectivity index (χ2v) is 5.46. The Bertz CT molecular complexity index is 902. The third-order valence-corrected chi connectivity index (χ3v) is 4.22. The second-order valence-electron chi connectivity index (χ2n) is 4.27. The van der Waals surface area contributed by atoms with Gasteiger partial charge < -0.3 is 9.72 Å². The highest BCUT2D eigenvalue weighted by molar-refractivity contribution is 6.47. The van der Waals surface area contributed by atoms with E-state index in [1.54, 1.807) is 18.2 Å². The van der Waals surface area contributed by atoms with Crippen LogP contribution in [0.3, 0.4) is 0 Å². The fourth-order valence-corrected chi connectivity index (χ4v) is 2.89. The Labute approximate surface area is 129 Å². The number of fused-ring (bicyclic) bond motifs is 2. The molecule has 0 aliphatic rings. The average Bonchev–Trinajstić information content (AvgIpc) is 2.44. The summed E-state index contributed by atoms with van der Waals surface area (Å²) in [6.07, 6.45) is 0. The first-order valence-corrected chi connectivity index (χ1v) is 6.83. The molecule has 0 atom stereocenters. The lowest BCUT2D eigenvalue weighted by Crippen LogP contribution is -2.05. The number of methoxy groups -OCH3 is 1. The average molecular weight is 329 g/mol. The summed E-state index contributed by atoms with van der Waals surface area (Å²) in [7, 11) is 1.54. The molecule has 6 heteroatoms. The summed E-state index contributed by atoms with van der Waals surface area (Å²) in [6.45, 7) is 0. The molecule has 1 heterocycles. The number of ether oxygens (including phenoxy) is 1. The lowest BCUT2D eigenvalue weighted by Gasteiger charge is -2.08. The lowest BCUT2D eigenvalue weighted by atomic mass is 10.1. The van der Waals surface area contributed by atoms with Crippen LogP contribution in [0.25, 0.3) is 21.8 Å². The summed E-state index contributed by atoms with van der Waals surface area (Å²) < 4.78 is 5.13. The van der Waals surface area contributed by atoms with Gasteiger partial charge in [-0.2, -0.15) is 0 Å². The quantitative estimate of drug-likeness (QED) is 0.522. The molecule has 3 rings (SSSR count). The lowest BCUT2D eigenvalue weighted by molar-refractivity contribution is 0.415. The summed E-state index contributed by atoms with van der Waals surface area (Å²) in [5.41, 5.74) is 0.898. The molecule has 102 valence electrons. The van der Waals surface area contributed by atoms with Gasteiger partial charge >= 0.3 is 0 Å². The Balaban J connectivity index is 2.58. The topological polar surface area (TPSA) is 42.1 Å². The molecule has 1 N–H and O–H groups in total. The van der Waals surface area contributed by atoms with Gasteiger partial charge in [-0.3, -0.25) is 4.79 Å². The van der Waals surface area contributed by atoms with Gasteiger partial charge in [-0.15, -0.1) is 0 Å². The van der Waals surface area contributed by atoms with Crippen molar-refractivity contribution in [3.05, 3.63) is 49.6 Å². The molecule has 3 aromatic rings. The molecule has 0 aliphatic carbocycles. The number of pyridine rings is 1. The van der Waals surface area contributed by atoms with Crippen molar-refractivity contribution < 1.29 is 4.74 Å². The van der Waals surface area contributed by atoms with Crippen molar-refractivity contribution in [2.45, 2.75) is 0 Å². The van der Waals surface area contributed by atoms with Gasteiger partial charge in [0.1, 0.15) is 5.75 Å². The van der Waals surface area contributed by atoms with E-state index in [1.807, 2.05) is 0 Å². The van der Waals surface area contributed by atoms with E-state index in [9.17, 15) is 4.79 Å². The molecule has 0 aliphatic heterocycles. The van der Waals surface area contributed by atoms with Crippen LogP contribution < -0.4 is 10.2 Å².